The minimum absolute atomic E-state index is 0.158. The Morgan fingerprint density at radius 2 is 1.92 bits per heavy atom. The van der Waals surface area contributed by atoms with Gasteiger partial charge in [0.05, 0.1) is 36.4 Å². The Kier molecular flexibility index (Phi) is 13.4. The first-order chi connectivity index (χ1) is 18.0. The number of phenolic OH excluding ortho intramolecular Hbond substituents is 1. The van der Waals surface area contributed by atoms with Crippen molar-refractivity contribution < 1.29 is 19.3 Å². The van der Waals surface area contributed by atoms with E-state index in [1.165, 1.54) is 0 Å². The van der Waals surface area contributed by atoms with E-state index in [-0.39, 0.29) is 5.75 Å². The van der Waals surface area contributed by atoms with E-state index in [0.717, 1.165) is 86.6 Å². The van der Waals surface area contributed by atoms with Crippen LogP contribution in [0.3, 0.4) is 0 Å². The Bertz CT molecular complexity index is 958. The SMILES string of the molecule is C=C(CC)/C(=C1/C=CC=C(c2c(O)cc(COC)cc2OC)N1)N(CCCC)CC1CCOCC1.CC. The second kappa shape index (κ2) is 16.2. The summed E-state index contributed by atoms with van der Waals surface area (Å²) >= 11 is 0. The third-order valence-corrected chi connectivity index (χ3v) is 6.67. The summed E-state index contributed by atoms with van der Waals surface area (Å²) in [5.74, 6) is 1.37. The van der Waals surface area contributed by atoms with Crippen molar-refractivity contribution >= 4 is 5.70 Å². The van der Waals surface area contributed by atoms with Crippen LogP contribution in [0.15, 0.2) is 53.9 Å². The largest absolute Gasteiger partial charge is 0.507 e. The van der Waals surface area contributed by atoms with Crippen molar-refractivity contribution in [2.75, 3.05) is 40.5 Å². The Morgan fingerprint density at radius 1 is 1.19 bits per heavy atom. The first-order valence-corrected chi connectivity index (χ1v) is 13.8. The molecule has 206 valence electrons. The molecule has 2 N–H and O–H groups in total. The molecule has 1 fully saturated rings. The normalized spacial score (nSPS) is 16.8. The molecule has 6 nitrogen and oxygen atoms in total. The van der Waals surface area contributed by atoms with Crippen LogP contribution < -0.4 is 10.1 Å². The molecule has 0 aromatic heterocycles. The molecule has 0 unspecified atom stereocenters. The Balaban J connectivity index is 0.00000235. The minimum Gasteiger partial charge on any atom is -0.507 e. The predicted molar refractivity (Wildman–Crippen MR) is 153 cm³/mol. The van der Waals surface area contributed by atoms with Gasteiger partial charge in [0.2, 0.25) is 0 Å². The van der Waals surface area contributed by atoms with Gasteiger partial charge in [0.1, 0.15) is 11.5 Å². The van der Waals surface area contributed by atoms with Crippen LogP contribution in [0, 0.1) is 5.92 Å². The van der Waals surface area contributed by atoms with Crippen molar-refractivity contribution in [1.82, 2.24) is 10.2 Å². The summed E-state index contributed by atoms with van der Waals surface area (Å²) < 4.78 is 16.5. The second-order valence-electron chi connectivity index (χ2n) is 9.26. The molecule has 0 amide bonds. The van der Waals surface area contributed by atoms with Gasteiger partial charge in [-0.2, -0.15) is 0 Å². The summed E-state index contributed by atoms with van der Waals surface area (Å²) in [6.45, 7) is 16.9. The summed E-state index contributed by atoms with van der Waals surface area (Å²) in [6.07, 6.45) is 11.4. The second-order valence-corrected chi connectivity index (χ2v) is 9.26. The number of unbranched alkanes of at least 4 members (excludes halogenated alkanes) is 1. The van der Waals surface area contributed by atoms with Crippen molar-refractivity contribution in [1.29, 1.82) is 0 Å². The molecule has 0 saturated carbocycles. The van der Waals surface area contributed by atoms with Crippen LogP contribution >= 0.6 is 0 Å². The highest BCUT2D eigenvalue weighted by Crippen LogP contribution is 2.37. The fourth-order valence-corrected chi connectivity index (χ4v) is 4.73. The molecule has 2 aliphatic rings. The first-order valence-electron chi connectivity index (χ1n) is 13.8. The number of methoxy groups -OCH3 is 2. The van der Waals surface area contributed by atoms with Crippen molar-refractivity contribution in [3.63, 3.8) is 0 Å². The molecule has 3 rings (SSSR count). The maximum Gasteiger partial charge on any atom is 0.132 e. The van der Waals surface area contributed by atoms with Gasteiger partial charge in [-0.05, 0) is 67.0 Å². The number of phenols is 1. The predicted octanol–water partition coefficient (Wildman–Crippen LogP) is 6.78. The zero-order valence-electron chi connectivity index (χ0n) is 23.9. The number of hydrogen-bond acceptors (Lipinski definition) is 6. The van der Waals surface area contributed by atoms with Gasteiger partial charge in [0.25, 0.3) is 0 Å². The third-order valence-electron chi connectivity index (χ3n) is 6.67. The maximum absolute atomic E-state index is 10.9. The maximum atomic E-state index is 10.9. The number of ether oxygens (including phenoxy) is 3. The molecule has 2 heterocycles. The van der Waals surface area contributed by atoms with Gasteiger partial charge in [-0.25, -0.2) is 0 Å². The number of nitrogens with one attached hydrogen (secondary N) is 1. The lowest BCUT2D eigenvalue weighted by Gasteiger charge is -2.35. The van der Waals surface area contributed by atoms with E-state index in [1.807, 2.05) is 32.1 Å². The molecule has 1 aromatic carbocycles. The lowest BCUT2D eigenvalue weighted by Crippen LogP contribution is -2.35. The van der Waals surface area contributed by atoms with Crippen LogP contribution in [0.2, 0.25) is 0 Å². The van der Waals surface area contributed by atoms with Crippen LogP contribution in [-0.4, -0.2) is 50.5 Å². The van der Waals surface area contributed by atoms with E-state index >= 15 is 0 Å². The van der Waals surface area contributed by atoms with Crippen LogP contribution in [0.25, 0.3) is 5.70 Å². The van der Waals surface area contributed by atoms with E-state index in [0.29, 0.717) is 23.8 Å². The van der Waals surface area contributed by atoms with E-state index in [1.54, 1.807) is 20.3 Å². The van der Waals surface area contributed by atoms with Gasteiger partial charge in [-0.1, -0.05) is 46.8 Å². The van der Waals surface area contributed by atoms with Crippen LogP contribution in [0.4, 0.5) is 0 Å². The quantitative estimate of drug-likeness (QED) is 0.322. The Hall–Kier alpha value is -2.70. The van der Waals surface area contributed by atoms with Gasteiger partial charge in [0, 0.05) is 33.4 Å². The smallest absolute Gasteiger partial charge is 0.132 e. The number of dihydropyridines is 1. The topological polar surface area (TPSA) is 63.2 Å². The van der Waals surface area contributed by atoms with Gasteiger partial charge in [-0.15, -0.1) is 0 Å². The summed E-state index contributed by atoms with van der Waals surface area (Å²) in [7, 11) is 3.26. The van der Waals surface area contributed by atoms with Crippen molar-refractivity contribution in [2.24, 2.45) is 5.92 Å². The number of allylic oxidation sites excluding steroid dienone is 4. The Morgan fingerprint density at radius 3 is 2.54 bits per heavy atom. The molecule has 0 spiro atoms. The molecule has 0 atom stereocenters. The van der Waals surface area contributed by atoms with Gasteiger partial charge in [0.15, 0.2) is 0 Å². The number of hydrogen-bond donors (Lipinski definition) is 2. The average Bonchev–Trinajstić information content (AvgIpc) is 2.93. The monoisotopic (exact) mass is 512 g/mol. The molecule has 1 aromatic rings. The zero-order valence-corrected chi connectivity index (χ0v) is 23.9. The van der Waals surface area contributed by atoms with E-state index in [9.17, 15) is 5.11 Å². The average molecular weight is 513 g/mol. The highest BCUT2D eigenvalue weighted by molar-refractivity contribution is 5.78. The number of benzene rings is 1. The molecule has 0 radical (unpaired) electrons. The standard InChI is InChI=1S/C29H42N2O4.C2H6/c1-6-8-14-31(19-22-12-15-35-16-13-22)29(21(3)7-2)25-11-9-10-24(30-25)28-26(32)17-23(20-33-4)18-27(28)34-5;1-2/h9-11,17-18,22,30,32H,3,6-8,12-16,19-20H2,1-2,4-5H3;1-2H3/b29-25+;. The molecular formula is C31H48N2O4. The summed E-state index contributed by atoms with van der Waals surface area (Å²) in [4.78, 5) is 2.51. The van der Waals surface area contributed by atoms with Crippen molar-refractivity contribution in [3.05, 3.63) is 65.0 Å². The molecule has 1 saturated heterocycles. The first kappa shape index (κ1) is 30.5. The molecule has 37 heavy (non-hydrogen) atoms. The summed E-state index contributed by atoms with van der Waals surface area (Å²) in [6, 6.07) is 3.64. The van der Waals surface area contributed by atoms with Crippen LogP contribution in [-0.2, 0) is 16.1 Å². The fraction of sp³-hybridized carbons (Fsp3) is 0.548. The Labute approximate surface area is 224 Å². The molecule has 0 aliphatic carbocycles. The van der Waals surface area contributed by atoms with E-state index in [4.69, 9.17) is 14.2 Å². The van der Waals surface area contributed by atoms with Crippen LogP contribution in [0.5, 0.6) is 11.5 Å². The highest BCUT2D eigenvalue weighted by atomic mass is 16.5. The number of aromatic hydroxyl groups is 1. The fourth-order valence-electron chi connectivity index (χ4n) is 4.73. The van der Waals surface area contributed by atoms with Crippen LogP contribution in [0.1, 0.15) is 70.9 Å². The molecule has 6 heteroatoms. The number of rotatable bonds is 12. The minimum atomic E-state index is 0.158. The third kappa shape index (κ3) is 8.41. The molecule has 0 bridgehead atoms. The van der Waals surface area contributed by atoms with Gasteiger partial charge < -0.3 is 29.5 Å². The number of nitrogens with zero attached hydrogens (tertiary/aromatic N) is 1. The molecular weight excluding hydrogens is 464 g/mol. The lowest BCUT2D eigenvalue weighted by molar-refractivity contribution is 0.0565. The van der Waals surface area contributed by atoms with Gasteiger partial charge in [-0.3, -0.25) is 0 Å². The lowest BCUT2D eigenvalue weighted by atomic mass is 9.97. The highest BCUT2D eigenvalue weighted by Gasteiger charge is 2.24. The van der Waals surface area contributed by atoms with E-state index in [2.05, 4.69) is 36.7 Å². The van der Waals surface area contributed by atoms with E-state index < -0.39 is 0 Å². The summed E-state index contributed by atoms with van der Waals surface area (Å²) in [5, 5.41) is 14.5. The summed E-state index contributed by atoms with van der Waals surface area (Å²) in [5.41, 5.74) is 5.55. The molecule has 2 aliphatic heterocycles. The van der Waals surface area contributed by atoms with Crippen molar-refractivity contribution in [2.45, 2.75) is 66.4 Å². The van der Waals surface area contributed by atoms with Gasteiger partial charge >= 0.3 is 0 Å². The zero-order chi connectivity index (χ0) is 27.2. The van der Waals surface area contributed by atoms with Crippen molar-refractivity contribution in [3.8, 4) is 11.5 Å².